The van der Waals surface area contributed by atoms with Crippen molar-refractivity contribution in [3.05, 3.63) is 23.8 Å². The number of carbonyl (C=O) groups is 2. The van der Waals surface area contributed by atoms with E-state index in [2.05, 4.69) is 17.6 Å². The molecule has 132 valence electrons. The summed E-state index contributed by atoms with van der Waals surface area (Å²) in [6.45, 7) is 8.14. The van der Waals surface area contributed by atoms with Crippen LogP contribution in [0.25, 0.3) is 0 Å². The summed E-state index contributed by atoms with van der Waals surface area (Å²) in [5, 5.41) is 6.16. The lowest BCUT2D eigenvalue weighted by atomic mass is 10.0. The quantitative estimate of drug-likeness (QED) is 0.840. The summed E-state index contributed by atoms with van der Waals surface area (Å²) in [6.07, 6.45) is 3.63. The van der Waals surface area contributed by atoms with E-state index in [0.29, 0.717) is 18.9 Å². The minimum absolute atomic E-state index is 0.0242. The molecule has 0 aliphatic carbocycles. The van der Waals surface area contributed by atoms with Gasteiger partial charge >= 0.3 is 0 Å². The van der Waals surface area contributed by atoms with Crippen molar-refractivity contribution in [1.82, 2.24) is 4.90 Å². The summed E-state index contributed by atoms with van der Waals surface area (Å²) < 4.78 is 0. The zero-order chi connectivity index (χ0) is 17.5. The first kappa shape index (κ1) is 18.3. The van der Waals surface area contributed by atoms with E-state index < -0.39 is 0 Å². The molecule has 2 amide bonds. The standard InChI is InChI=1S/C19H29N3O2/c1-4-7-18(23)21-17-10-5-9-16(15(17)3)20-12-19(24)22-11-6-8-14(2)13-22/h5,9-10,14,20H,4,6-8,11-13H2,1-3H3,(H,21,23)/t14-/m0/s1. The van der Waals surface area contributed by atoms with Gasteiger partial charge in [-0.1, -0.05) is 19.9 Å². The molecule has 1 aliphatic heterocycles. The van der Waals surface area contributed by atoms with E-state index in [9.17, 15) is 9.59 Å². The number of likely N-dealkylation sites (tertiary alicyclic amines) is 1. The Bertz CT molecular complexity index is 586. The molecule has 2 rings (SSSR count). The lowest BCUT2D eigenvalue weighted by Crippen LogP contribution is -2.42. The van der Waals surface area contributed by atoms with Crippen LogP contribution in [0.2, 0.25) is 0 Å². The normalized spacial score (nSPS) is 17.5. The third-order valence-corrected chi connectivity index (χ3v) is 4.52. The first-order valence-electron chi connectivity index (χ1n) is 8.92. The minimum atomic E-state index is 0.0242. The highest BCUT2D eigenvalue weighted by molar-refractivity contribution is 5.92. The molecule has 24 heavy (non-hydrogen) atoms. The molecule has 2 N–H and O–H groups in total. The van der Waals surface area contributed by atoms with E-state index in [1.807, 2.05) is 36.9 Å². The van der Waals surface area contributed by atoms with E-state index in [0.717, 1.165) is 42.9 Å². The lowest BCUT2D eigenvalue weighted by molar-refractivity contribution is -0.131. The van der Waals surface area contributed by atoms with Crippen LogP contribution in [0.15, 0.2) is 18.2 Å². The Labute approximate surface area is 144 Å². The van der Waals surface area contributed by atoms with Crippen molar-refractivity contribution < 1.29 is 9.59 Å². The average molecular weight is 331 g/mol. The van der Waals surface area contributed by atoms with Crippen LogP contribution < -0.4 is 10.6 Å². The van der Waals surface area contributed by atoms with Crippen molar-refractivity contribution in [2.45, 2.75) is 46.5 Å². The molecule has 1 aromatic carbocycles. The van der Waals surface area contributed by atoms with Gasteiger partial charge in [0, 0.05) is 30.9 Å². The molecule has 1 fully saturated rings. The van der Waals surface area contributed by atoms with E-state index in [1.165, 1.54) is 6.42 Å². The van der Waals surface area contributed by atoms with Gasteiger partial charge in [-0.05, 0) is 49.8 Å². The smallest absolute Gasteiger partial charge is 0.241 e. The van der Waals surface area contributed by atoms with Gasteiger partial charge in [0.05, 0.1) is 6.54 Å². The Balaban J connectivity index is 1.94. The SMILES string of the molecule is CCCC(=O)Nc1cccc(NCC(=O)N2CCC[C@H](C)C2)c1C. The van der Waals surface area contributed by atoms with E-state index in [4.69, 9.17) is 0 Å². The average Bonchev–Trinajstić information content (AvgIpc) is 2.55. The van der Waals surface area contributed by atoms with E-state index in [-0.39, 0.29) is 11.8 Å². The third-order valence-electron chi connectivity index (χ3n) is 4.52. The van der Waals surface area contributed by atoms with Gasteiger partial charge in [0.25, 0.3) is 0 Å². The van der Waals surface area contributed by atoms with Gasteiger partial charge in [0.2, 0.25) is 11.8 Å². The summed E-state index contributed by atoms with van der Waals surface area (Å²) in [7, 11) is 0. The summed E-state index contributed by atoms with van der Waals surface area (Å²) >= 11 is 0. The summed E-state index contributed by atoms with van der Waals surface area (Å²) in [5.41, 5.74) is 2.65. The number of anilines is 2. The Morgan fingerprint density at radius 1 is 1.29 bits per heavy atom. The monoisotopic (exact) mass is 331 g/mol. The molecule has 1 heterocycles. The van der Waals surface area contributed by atoms with Crippen LogP contribution >= 0.6 is 0 Å². The van der Waals surface area contributed by atoms with Crippen molar-refractivity contribution >= 4 is 23.2 Å². The number of amides is 2. The van der Waals surface area contributed by atoms with Crippen molar-refractivity contribution in [3.8, 4) is 0 Å². The number of nitrogens with one attached hydrogen (secondary N) is 2. The number of rotatable bonds is 6. The molecule has 0 spiro atoms. The number of hydrogen-bond donors (Lipinski definition) is 2. The van der Waals surface area contributed by atoms with Crippen molar-refractivity contribution in [2.75, 3.05) is 30.3 Å². The molecule has 1 aliphatic rings. The predicted molar refractivity (Wildman–Crippen MR) is 98.2 cm³/mol. The third kappa shape index (κ3) is 4.98. The summed E-state index contributed by atoms with van der Waals surface area (Å²) in [6, 6.07) is 5.73. The fraction of sp³-hybridized carbons (Fsp3) is 0.579. The maximum atomic E-state index is 12.4. The highest BCUT2D eigenvalue weighted by Crippen LogP contribution is 2.23. The molecule has 0 unspecified atom stereocenters. The molecular weight excluding hydrogens is 302 g/mol. The minimum Gasteiger partial charge on any atom is -0.376 e. The van der Waals surface area contributed by atoms with Gasteiger partial charge in [0.15, 0.2) is 0 Å². The zero-order valence-corrected chi connectivity index (χ0v) is 15.0. The maximum absolute atomic E-state index is 12.4. The number of carbonyl (C=O) groups excluding carboxylic acids is 2. The molecular formula is C19H29N3O2. The second-order valence-electron chi connectivity index (χ2n) is 6.72. The Morgan fingerprint density at radius 2 is 2.04 bits per heavy atom. The topological polar surface area (TPSA) is 61.4 Å². The highest BCUT2D eigenvalue weighted by atomic mass is 16.2. The second kappa shape index (κ2) is 8.71. The molecule has 1 saturated heterocycles. The predicted octanol–water partition coefficient (Wildman–Crippen LogP) is 3.40. The number of benzene rings is 1. The van der Waals surface area contributed by atoms with Crippen LogP contribution in [0.5, 0.6) is 0 Å². The van der Waals surface area contributed by atoms with Crippen molar-refractivity contribution in [1.29, 1.82) is 0 Å². The molecule has 0 radical (unpaired) electrons. The van der Waals surface area contributed by atoms with Crippen LogP contribution in [0, 0.1) is 12.8 Å². The molecule has 0 saturated carbocycles. The lowest BCUT2D eigenvalue weighted by Gasteiger charge is -2.31. The van der Waals surface area contributed by atoms with Gasteiger partial charge in [-0.15, -0.1) is 0 Å². The first-order valence-corrected chi connectivity index (χ1v) is 8.92. The molecule has 0 aromatic heterocycles. The Hall–Kier alpha value is -2.04. The van der Waals surface area contributed by atoms with Crippen molar-refractivity contribution in [3.63, 3.8) is 0 Å². The van der Waals surface area contributed by atoms with Gasteiger partial charge < -0.3 is 15.5 Å². The Kier molecular flexibility index (Phi) is 6.64. The van der Waals surface area contributed by atoms with Crippen LogP contribution in [-0.2, 0) is 9.59 Å². The number of nitrogens with zero attached hydrogens (tertiary/aromatic N) is 1. The highest BCUT2D eigenvalue weighted by Gasteiger charge is 2.20. The Morgan fingerprint density at radius 3 is 2.75 bits per heavy atom. The van der Waals surface area contributed by atoms with Crippen molar-refractivity contribution in [2.24, 2.45) is 5.92 Å². The maximum Gasteiger partial charge on any atom is 0.241 e. The summed E-state index contributed by atoms with van der Waals surface area (Å²) in [4.78, 5) is 26.1. The van der Waals surface area contributed by atoms with Gasteiger partial charge in [0.1, 0.15) is 0 Å². The second-order valence-corrected chi connectivity index (χ2v) is 6.72. The van der Waals surface area contributed by atoms with Crippen LogP contribution in [0.1, 0.15) is 45.1 Å². The molecule has 5 nitrogen and oxygen atoms in total. The van der Waals surface area contributed by atoms with Crippen LogP contribution in [0.3, 0.4) is 0 Å². The molecule has 5 heteroatoms. The van der Waals surface area contributed by atoms with Crippen LogP contribution in [-0.4, -0.2) is 36.3 Å². The van der Waals surface area contributed by atoms with E-state index >= 15 is 0 Å². The summed E-state index contributed by atoms with van der Waals surface area (Å²) in [5.74, 6) is 0.749. The molecule has 1 atom stereocenters. The number of hydrogen-bond acceptors (Lipinski definition) is 3. The molecule has 0 bridgehead atoms. The van der Waals surface area contributed by atoms with Gasteiger partial charge in [-0.2, -0.15) is 0 Å². The fourth-order valence-electron chi connectivity index (χ4n) is 3.10. The largest absolute Gasteiger partial charge is 0.376 e. The van der Waals surface area contributed by atoms with Gasteiger partial charge in [-0.3, -0.25) is 9.59 Å². The van der Waals surface area contributed by atoms with Gasteiger partial charge in [-0.25, -0.2) is 0 Å². The zero-order valence-electron chi connectivity index (χ0n) is 15.0. The number of piperidine rings is 1. The van der Waals surface area contributed by atoms with Crippen LogP contribution in [0.4, 0.5) is 11.4 Å². The first-order chi connectivity index (χ1) is 11.5. The molecule has 1 aromatic rings. The van der Waals surface area contributed by atoms with E-state index in [1.54, 1.807) is 0 Å². The fourth-order valence-corrected chi connectivity index (χ4v) is 3.10.